The van der Waals surface area contributed by atoms with Gasteiger partial charge in [-0.25, -0.2) is 18.4 Å². The lowest BCUT2D eigenvalue weighted by atomic mass is 10.2. The van der Waals surface area contributed by atoms with Gasteiger partial charge in [-0.15, -0.1) is 0 Å². The van der Waals surface area contributed by atoms with Crippen LogP contribution >= 0.6 is 0 Å². The SMILES string of the molecule is Cc1nc(N)nc2c1CS(=O)(=O)C2. The first-order chi connectivity index (χ1) is 5.98. The fraction of sp³-hybridized carbons (Fsp3) is 0.429. The number of nitrogens with zero attached hydrogens (tertiary/aromatic N) is 2. The van der Waals surface area contributed by atoms with Crippen LogP contribution < -0.4 is 5.73 Å². The summed E-state index contributed by atoms with van der Waals surface area (Å²) in [6, 6.07) is 0. The van der Waals surface area contributed by atoms with E-state index >= 15 is 0 Å². The van der Waals surface area contributed by atoms with Crippen LogP contribution in [-0.2, 0) is 21.3 Å². The largest absolute Gasteiger partial charge is 0.368 e. The summed E-state index contributed by atoms with van der Waals surface area (Å²) in [4.78, 5) is 7.81. The Morgan fingerprint density at radius 3 is 2.69 bits per heavy atom. The summed E-state index contributed by atoms with van der Waals surface area (Å²) in [6.07, 6.45) is 0. The maximum atomic E-state index is 11.2. The summed E-state index contributed by atoms with van der Waals surface area (Å²) in [5.74, 6) is 0.193. The number of nitrogen functional groups attached to an aromatic ring is 1. The Kier molecular flexibility index (Phi) is 1.56. The van der Waals surface area contributed by atoms with Gasteiger partial charge < -0.3 is 5.73 Å². The van der Waals surface area contributed by atoms with E-state index in [1.165, 1.54) is 0 Å². The minimum atomic E-state index is -3.00. The minimum Gasteiger partial charge on any atom is -0.368 e. The van der Waals surface area contributed by atoms with Crippen LogP contribution in [0.1, 0.15) is 17.0 Å². The molecule has 0 amide bonds. The van der Waals surface area contributed by atoms with Gasteiger partial charge in [0.15, 0.2) is 9.84 Å². The average Bonchev–Trinajstić information content (AvgIpc) is 2.23. The predicted octanol–water partition coefficient (Wildman–Crippen LogP) is -0.204. The van der Waals surface area contributed by atoms with Crippen molar-refractivity contribution in [2.75, 3.05) is 5.73 Å². The van der Waals surface area contributed by atoms with E-state index in [0.717, 1.165) is 0 Å². The van der Waals surface area contributed by atoms with Crippen molar-refractivity contribution in [3.8, 4) is 0 Å². The van der Waals surface area contributed by atoms with E-state index < -0.39 is 9.84 Å². The number of nitrogens with two attached hydrogens (primary N) is 1. The molecule has 0 saturated heterocycles. The van der Waals surface area contributed by atoms with Crippen LogP contribution in [0.25, 0.3) is 0 Å². The molecule has 2 heterocycles. The number of fused-ring (bicyclic) bond motifs is 1. The van der Waals surface area contributed by atoms with E-state index in [0.29, 0.717) is 17.0 Å². The number of sulfone groups is 1. The molecule has 1 aromatic heterocycles. The Balaban J connectivity index is 2.64. The standard InChI is InChI=1S/C7H9N3O2S/c1-4-5-2-13(11,12)3-6(5)10-7(8)9-4/h2-3H2,1H3,(H2,8,9,10). The van der Waals surface area contributed by atoms with Crippen molar-refractivity contribution in [3.05, 3.63) is 17.0 Å². The van der Waals surface area contributed by atoms with Crippen LogP contribution in [0, 0.1) is 6.92 Å². The molecule has 2 N–H and O–H groups in total. The Bertz CT molecular complexity index is 467. The van der Waals surface area contributed by atoms with Gasteiger partial charge in [0.1, 0.15) is 0 Å². The number of aromatic nitrogens is 2. The molecule has 6 heteroatoms. The maximum Gasteiger partial charge on any atom is 0.220 e. The van der Waals surface area contributed by atoms with E-state index in [1.54, 1.807) is 6.92 Å². The van der Waals surface area contributed by atoms with Crippen molar-refractivity contribution in [2.45, 2.75) is 18.4 Å². The first-order valence-corrected chi connectivity index (χ1v) is 5.62. The molecule has 0 radical (unpaired) electrons. The second kappa shape index (κ2) is 2.41. The molecule has 0 unspecified atom stereocenters. The molecule has 0 aliphatic carbocycles. The highest BCUT2D eigenvalue weighted by atomic mass is 32.2. The van der Waals surface area contributed by atoms with E-state index in [1.807, 2.05) is 0 Å². The molecule has 0 saturated carbocycles. The van der Waals surface area contributed by atoms with E-state index in [-0.39, 0.29) is 17.5 Å². The zero-order chi connectivity index (χ0) is 9.64. The number of rotatable bonds is 0. The zero-order valence-corrected chi connectivity index (χ0v) is 7.93. The van der Waals surface area contributed by atoms with Crippen molar-refractivity contribution < 1.29 is 8.42 Å². The summed E-state index contributed by atoms with van der Waals surface area (Å²) in [5.41, 5.74) is 7.35. The highest BCUT2D eigenvalue weighted by molar-refractivity contribution is 7.90. The Morgan fingerprint density at radius 2 is 2.00 bits per heavy atom. The van der Waals surface area contributed by atoms with Crippen molar-refractivity contribution in [2.24, 2.45) is 0 Å². The quantitative estimate of drug-likeness (QED) is 0.625. The molecule has 0 fully saturated rings. The molecular weight excluding hydrogens is 190 g/mol. The molecule has 5 nitrogen and oxygen atoms in total. The van der Waals surface area contributed by atoms with Gasteiger partial charge in [-0.2, -0.15) is 0 Å². The maximum absolute atomic E-state index is 11.2. The Hall–Kier alpha value is -1.17. The molecule has 2 rings (SSSR count). The molecule has 0 aromatic carbocycles. The van der Waals surface area contributed by atoms with Gasteiger partial charge in [0.05, 0.1) is 17.2 Å². The van der Waals surface area contributed by atoms with Gasteiger partial charge in [0, 0.05) is 11.3 Å². The number of aryl methyl sites for hydroxylation is 1. The van der Waals surface area contributed by atoms with E-state index in [9.17, 15) is 8.42 Å². The average molecular weight is 199 g/mol. The highest BCUT2D eigenvalue weighted by Crippen LogP contribution is 2.25. The van der Waals surface area contributed by atoms with Gasteiger partial charge >= 0.3 is 0 Å². The third-order valence-electron chi connectivity index (χ3n) is 2.04. The smallest absolute Gasteiger partial charge is 0.220 e. The lowest BCUT2D eigenvalue weighted by molar-refractivity contribution is 0.597. The summed E-state index contributed by atoms with van der Waals surface area (Å²) < 4.78 is 22.5. The fourth-order valence-electron chi connectivity index (χ4n) is 1.47. The van der Waals surface area contributed by atoms with Gasteiger partial charge in [-0.1, -0.05) is 0 Å². The molecular formula is C7H9N3O2S. The first-order valence-electron chi connectivity index (χ1n) is 3.80. The molecule has 1 aliphatic rings. The molecule has 70 valence electrons. The molecule has 0 spiro atoms. The summed E-state index contributed by atoms with van der Waals surface area (Å²) in [6.45, 7) is 1.75. The Labute approximate surface area is 75.9 Å². The number of hydrogen-bond acceptors (Lipinski definition) is 5. The van der Waals surface area contributed by atoms with Gasteiger partial charge in [0.25, 0.3) is 0 Å². The fourth-order valence-corrected chi connectivity index (χ4v) is 3.04. The normalized spacial score (nSPS) is 18.5. The van der Waals surface area contributed by atoms with Crippen LogP contribution in [0.2, 0.25) is 0 Å². The monoisotopic (exact) mass is 199 g/mol. The third-order valence-corrected chi connectivity index (χ3v) is 3.48. The second-order valence-corrected chi connectivity index (χ2v) is 5.19. The number of hydrogen-bond donors (Lipinski definition) is 1. The molecule has 0 bridgehead atoms. The van der Waals surface area contributed by atoms with E-state index in [4.69, 9.17) is 5.73 Å². The summed E-state index contributed by atoms with van der Waals surface area (Å²) >= 11 is 0. The van der Waals surface area contributed by atoms with Crippen molar-refractivity contribution >= 4 is 15.8 Å². The van der Waals surface area contributed by atoms with Crippen molar-refractivity contribution in [1.82, 2.24) is 9.97 Å². The molecule has 1 aromatic rings. The van der Waals surface area contributed by atoms with Gasteiger partial charge in [-0.05, 0) is 6.92 Å². The topological polar surface area (TPSA) is 85.9 Å². The van der Waals surface area contributed by atoms with Crippen molar-refractivity contribution in [3.63, 3.8) is 0 Å². The van der Waals surface area contributed by atoms with Gasteiger partial charge in [-0.3, -0.25) is 0 Å². The van der Waals surface area contributed by atoms with Crippen LogP contribution in [-0.4, -0.2) is 18.4 Å². The van der Waals surface area contributed by atoms with Crippen LogP contribution in [0.4, 0.5) is 5.95 Å². The van der Waals surface area contributed by atoms with Crippen LogP contribution in [0.15, 0.2) is 0 Å². The zero-order valence-electron chi connectivity index (χ0n) is 7.11. The molecule has 0 atom stereocenters. The highest BCUT2D eigenvalue weighted by Gasteiger charge is 2.28. The number of anilines is 1. The lowest BCUT2D eigenvalue weighted by Crippen LogP contribution is -2.02. The molecule has 13 heavy (non-hydrogen) atoms. The summed E-state index contributed by atoms with van der Waals surface area (Å²) in [7, 11) is -3.00. The third kappa shape index (κ3) is 1.37. The van der Waals surface area contributed by atoms with Crippen molar-refractivity contribution in [1.29, 1.82) is 0 Å². The lowest BCUT2D eigenvalue weighted by Gasteiger charge is -2.00. The van der Waals surface area contributed by atoms with Gasteiger partial charge in [0.2, 0.25) is 5.95 Å². The van der Waals surface area contributed by atoms with E-state index in [2.05, 4.69) is 9.97 Å². The molecule has 1 aliphatic heterocycles. The minimum absolute atomic E-state index is 0.00407. The summed E-state index contributed by atoms with van der Waals surface area (Å²) in [5, 5.41) is 0. The van der Waals surface area contributed by atoms with Crippen LogP contribution in [0.3, 0.4) is 0 Å². The predicted molar refractivity (Wildman–Crippen MR) is 47.5 cm³/mol. The Morgan fingerprint density at radius 1 is 1.31 bits per heavy atom. The first kappa shape index (κ1) is 8.43. The van der Waals surface area contributed by atoms with Crippen LogP contribution in [0.5, 0.6) is 0 Å². The second-order valence-electron chi connectivity index (χ2n) is 3.12.